The van der Waals surface area contributed by atoms with Crippen LogP contribution in [-0.4, -0.2) is 17.6 Å². The zero-order valence-electron chi connectivity index (χ0n) is 11.5. The van der Waals surface area contributed by atoms with Gasteiger partial charge in [-0.15, -0.1) is 22.7 Å². The summed E-state index contributed by atoms with van der Waals surface area (Å²) in [6.07, 6.45) is 2.28. The Morgan fingerprint density at radius 3 is 2.70 bits per heavy atom. The van der Waals surface area contributed by atoms with Gasteiger partial charge < -0.3 is 10.4 Å². The predicted octanol–water partition coefficient (Wildman–Crippen LogP) is 3.16. The van der Waals surface area contributed by atoms with Crippen LogP contribution < -0.4 is 5.32 Å². The van der Waals surface area contributed by atoms with Gasteiger partial charge in [0.15, 0.2) is 0 Å². The maximum absolute atomic E-state index is 11.8. The Bertz CT molecular complexity index is 518. The lowest BCUT2D eigenvalue weighted by atomic mass is 10.1. The summed E-state index contributed by atoms with van der Waals surface area (Å²) in [6.45, 7) is 1.98. The summed E-state index contributed by atoms with van der Waals surface area (Å²) < 4.78 is 0. The van der Waals surface area contributed by atoms with Crippen molar-refractivity contribution < 1.29 is 9.90 Å². The zero-order chi connectivity index (χ0) is 14.4. The van der Waals surface area contributed by atoms with Crippen LogP contribution in [0, 0.1) is 0 Å². The molecule has 0 radical (unpaired) electrons. The van der Waals surface area contributed by atoms with Gasteiger partial charge in [-0.2, -0.15) is 0 Å². The van der Waals surface area contributed by atoms with E-state index in [0.29, 0.717) is 6.42 Å². The molecule has 0 aliphatic heterocycles. The van der Waals surface area contributed by atoms with E-state index >= 15 is 0 Å². The van der Waals surface area contributed by atoms with E-state index in [0.717, 1.165) is 17.7 Å². The molecule has 0 saturated carbocycles. The van der Waals surface area contributed by atoms with E-state index in [1.807, 2.05) is 29.0 Å². The molecule has 2 aromatic heterocycles. The number of amides is 1. The maximum Gasteiger partial charge on any atom is 0.220 e. The van der Waals surface area contributed by atoms with Gasteiger partial charge in [0, 0.05) is 16.2 Å². The molecule has 3 nitrogen and oxygen atoms in total. The van der Waals surface area contributed by atoms with Gasteiger partial charge in [0.1, 0.15) is 5.60 Å². The minimum Gasteiger partial charge on any atom is -0.383 e. The summed E-state index contributed by atoms with van der Waals surface area (Å²) in [5, 5.41) is 17.1. The monoisotopic (exact) mass is 309 g/mol. The molecule has 108 valence electrons. The highest BCUT2D eigenvalue weighted by atomic mass is 32.1. The lowest BCUT2D eigenvalue weighted by Crippen LogP contribution is -2.38. The molecule has 1 atom stereocenters. The summed E-state index contributed by atoms with van der Waals surface area (Å²) in [6, 6.07) is 7.90. The molecule has 0 saturated heterocycles. The first-order valence-corrected chi connectivity index (χ1v) is 8.39. The standard InChI is InChI=1S/C15H19NO2S2/c1-15(18,13-7-4-10-20-13)11-16-14(17)8-2-5-12-6-3-9-19-12/h3-4,6-7,9-10,18H,2,5,8,11H2,1H3,(H,16,17). The first kappa shape index (κ1) is 15.2. The highest BCUT2D eigenvalue weighted by molar-refractivity contribution is 7.10. The summed E-state index contributed by atoms with van der Waals surface area (Å²) in [5.74, 6) is -0.00149. The number of rotatable bonds is 7. The minimum atomic E-state index is -0.989. The molecular weight excluding hydrogens is 290 g/mol. The summed E-state index contributed by atoms with van der Waals surface area (Å²) in [7, 11) is 0. The molecule has 0 aliphatic carbocycles. The van der Waals surface area contributed by atoms with Crippen molar-refractivity contribution in [1.29, 1.82) is 0 Å². The van der Waals surface area contributed by atoms with Gasteiger partial charge in [0.25, 0.3) is 0 Å². The Labute approximate surface area is 127 Å². The SMILES string of the molecule is CC(O)(CNC(=O)CCCc1cccs1)c1cccs1. The number of nitrogens with one attached hydrogen (secondary N) is 1. The molecule has 2 N–H and O–H groups in total. The van der Waals surface area contributed by atoms with Crippen molar-refractivity contribution in [2.75, 3.05) is 6.54 Å². The van der Waals surface area contributed by atoms with Gasteiger partial charge in [0.2, 0.25) is 5.91 Å². The van der Waals surface area contributed by atoms with E-state index in [9.17, 15) is 9.90 Å². The van der Waals surface area contributed by atoms with E-state index in [4.69, 9.17) is 0 Å². The van der Waals surface area contributed by atoms with Crippen LogP contribution in [0.1, 0.15) is 29.5 Å². The molecule has 0 spiro atoms. The minimum absolute atomic E-state index is 0.00149. The van der Waals surface area contributed by atoms with Crippen molar-refractivity contribution in [3.8, 4) is 0 Å². The average molecular weight is 309 g/mol. The Balaban J connectivity index is 1.69. The third kappa shape index (κ3) is 4.44. The normalized spacial score (nSPS) is 13.9. The summed E-state index contributed by atoms with van der Waals surface area (Å²) in [5.41, 5.74) is -0.989. The Morgan fingerprint density at radius 1 is 1.30 bits per heavy atom. The molecule has 0 aromatic carbocycles. The number of hydrogen-bond acceptors (Lipinski definition) is 4. The van der Waals surface area contributed by atoms with Crippen molar-refractivity contribution in [2.45, 2.75) is 31.8 Å². The first-order valence-electron chi connectivity index (χ1n) is 6.63. The van der Waals surface area contributed by atoms with Crippen molar-refractivity contribution in [3.63, 3.8) is 0 Å². The van der Waals surface area contributed by atoms with Crippen LogP contribution in [0.5, 0.6) is 0 Å². The second-order valence-corrected chi connectivity index (χ2v) is 6.94. The van der Waals surface area contributed by atoms with E-state index in [1.54, 1.807) is 18.3 Å². The molecule has 0 aliphatic rings. The van der Waals surface area contributed by atoms with Gasteiger partial charge in [-0.1, -0.05) is 12.1 Å². The topological polar surface area (TPSA) is 49.3 Å². The lowest BCUT2D eigenvalue weighted by Gasteiger charge is -2.22. The number of aryl methyl sites for hydroxylation is 1. The summed E-state index contributed by atoms with van der Waals surface area (Å²) in [4.78, 5) is 14.0. The Hall–Kier alpha value is -1.17. The van der Waals surface area contributed by atoms with Gasteiger partial charge in [-0.3, -0.25) is 4.79 Å². The number of carbonyl (C=O) groups excluding carboxylic acids is 1. The van der Waals surface area contributed by atoms with Crippen LogP contribution in [0.4, 0.5) is 0 Å². The van der Waals surface area contributed by atoms with Crippen LogP contribution in [0.3, 0.4) is 0 Å². The maximum atomic E-state index is 11.8. The number of carbonyl (C=O) groups is 1. The molecule has 1 amide bonds. The lowest BCUT2D eigenvalue weighted by molar-refractivity contribution is -0.122. The van der Waals surface area contributed by atoms with E-state index in [-0.39, 0.29) is 12.5 Å². The number of aliphatic hydroxyl groups is 1. The third-order valence-corrected chi connectivity index (χ3v) is 5.15. The van der Waals surface area contributed by atoms with E-state index in [1.165, 1.54) is 16.2 Å². The molecule has 2 rings (SSSR count). The smallest absolute Gasteiger partial charge is 0.220 e. The predicted molar refractivity (Wildman–Crippen MR) is 84.2 cm³/mol. The average Bonchev–Trinajstić information content (AvgIpc) is 3.09. The Kier molecular flexibility index (Phi) is 5.34. The fourth-order valence-electron chi connectivity index (χ4n) is 1.91. The van der Waals surface area contributed by atoms with Crippen LogP contribution in [0.15, 0.2) is 35.0 Å². The van der Waals surface area contributed by atoms with E-state index < -0.39 is 5.60 Å². The summed E-state index contributed by atoms with van der Waals surface area (Å²) >= 11 is 3.22. The quantitative estimate of drug-likeness (QED) is 0.825. The molecule has 0 bridgehead atoms. The van der Waals surface area contributed by atoms with E-state index in [2.05, 4.69) is 11.4 Å². The fraction of sp³-hybridized carbons (Fsp3) is 0.400. The van der Waals surface area contributed by atoms with Gasteiger partial charge in [-0.25, -0.2) is 0 Å². The molecular formula is C15H19NO2S2. The number of thiophene rings is 2. The molecule has 2 heterocycles. The van der Waals surface area contributed by atoms with Crippen molar-refractivity contribution in [1.82, 2.24) is 5.32 Å². The number of hydrogen-bond donors (Lipinski definition) is 2. The third-order valence-electron chi connectivity index (χ3n) is 3.09. The van der Waals surface area contributed by atoms with Crippen molar-refractivity contribution in [3.05, 3.63) is 44.8 Å². The second kappa shape index (κ2) is 7.02. The molecule has 1 unspecified atom stereocenters. The first-order chi connectivity index (χ1) is 9.58. The molecule has 2 aromatic rings. The van der Waals surface area contributed by atoms with Crippen LogP contribution in [0.25, 0.3) is 0 Å². The van der Waals surface area contributed by atoms with Crippen LogP contribution in [-0.2, 0) is 16.8 Å². The van der Waals surface area contributed by atoms with Gasteiger partial charge >= 0.3 is 0 Å². The molecule has 5 heteroatoms. The van der Waals surface area contributed by atoms with Crippen molar-refractivity contribution in [2.24, 2.45) is 0 Å². The highest BCUT2D eigenvalue weighted by Gasteiger charge is 2.24. The molecule has 0 fully saturated rings. The van der Waals surface area contributed by atoms with Gasteiger partial charge in [0.05, 0.1) is 6.54 Å². The largest absolute Gasteiger partial charge is 0.383 e. The fourth-order valence-corrected chi connectivity index (χ4v) is 3.45. The van der Waals surface area contributed by atoms with Crippen molar-refractivity contribution >= 4 is 28.6 Å². The second-order valence-electron chi connectivity index (χ2n) is 4.96. The van der Waals surface area contributed by atoms with Gasteiger partial charge in [-0.05, 0) is 42.7 Å². The Morgan fingerprint density at radius 2 is 2.05 bits per heavy atom. The zero-order valence-corrected chi connectivity index (χ0v) is 13.1. The highest BCUT2D eigenvalue weighted by Crippen LogP contribution is 2.24. The van der Waals surface area contributed by atoms with Crippen LogP contribution >= 0.6 is 22.7 Å². The van der Waals surface area contributed by atoms with Crippen LogP contribution in [0.2, 0.25) is 0 Å². The molecule has 20 heavy (non-hydrogen) atoms.